The number of carboxylic acids is 4. The van der Waals surface area contributed by atoms with E-state index in [4.69, 9.17) is 29.7 Å². The molecule has 4 bridgehead atoms. The molecule has 7 rings (SSSR count). The number of carboxylic acid groups (broad SMARTS) is 4. The third-order valence-electron chi connectivity index (χ3n) is 15.3. The van der Waals surface area contributed by atoms with Crippen LogP contribution in [0.1, 0.15) is 63.0 Å². The molecule has 1 saturated heterocycles. The lowest BCUT2D eigenvalue weighted by Gasteiger charge is -2.59. The van der Waals surface area contributed by atoms with Crippen molar-refractivity contribution in [1.82, 2.24) is 30.2 Å². The molecule has 1 heterocycles. The third kappa shape index (κ3) is 17.6. The molecule has 0 spiro atoms. The molecule has 5 fully saturated rings. The average molecular weight is 1110 g/mol. The van der Waals surface area contributed by atoms with Gasteiger partial charge in [-0.15, -0.1) is 0 Å². The van der Waals surface area contributed by atoms with Crippen molar-refractivity contribution in [2.24, 2.45) is 34.4 Å². The van der Waals surface area contributed by atoms with Crippen LogP contribution in [0.15, 0.2) is 53.2 Å². The molecule has 24 heteroatoms. The molecule has 0 atom stereocenters. The van der Waals surface area contributed by atoms with E-state index in [1.807, 2.05) is 24.8 Å². The summed E-state index contributed by atoms with van der Waals surface area (Å²) >= 11 is 0. The van der Waals surface area contributed by atoms with Gasteiger partial charge in [0.25, 0.3) is 5.91 Å². The minimum atomic E-state index is -1.41. The Kier molecular flexibility index (Phi) is 23.0. The largest absolute Gasteiger partial charge is 0.496 e. The summed E-state index contributed by atoms with van der Waals surface area (Å²) in [6, 6.07) is 10.7. The fourth-order valence-corrected chi connectivity index (χ4v) is 11.6. The zero-order valence-corrected chi connectivity index (χ0v) is 45.8. The quantitative estimate of drug-likeness (QED) is 0.0342. The van der Waals surface area contributed by atoms with Gasteiger partial charge < -0.3 is 61.1 Å². The van der Waals surface area contributed by atoms with Crippen LogP contribution in [0.3, 0.4) is 0 Å². The summed E-state index contributed by atoms with van der Waals surface area (Å²) in [6.45, 7) is 5.82. The second-order valence-corrected chi connectivity index (χ2v) is 21.2. The van der Waals surface area contributed by atoms with E-state index in [-0.39, 0.29) is 146 Å². The Bertz CT molecular complexity index is 2460. The van der Waals surface area contributed by atoms with E-state index >= 15 is 0 Å². The normalized spacial score (nSPS) is 22.6. The second-order valence-electron chi connectivity index (χ2n) is 21.2. The van der Waals surface area contributed by atoms with Gasteiger partial charge >= 0.3 is 23.9 Å². The van der Waals surface area contributed by atoms with E-state index in [9.17, 15) is 54.0 Å². The van der Waals surface area contributed by atoms with Crippen molar-refractivity contribution < 1.29 is 72.9 Å². The fraction of sp³-hybridized carbons (Fsp3) is 0.600. The van der Waals surface area contributed by atoms with Crippen molar-refractivity contribution in [3.63, 3.8) is 0 Å². The molecule has 0 unspecified atom stereocenters. The number of ether oxygens (including phenoxy) is 4. The van der Waals surface area contributed by atoms with Gasteiger partial charge in [0, 0.05) is 64.6 Å². The Labute approximate surface area is 460 Å². The smallest absolute Gasteiger partial charge is 0.330 e. The highest BCUT2D eigenvalue weighted by Gasteiger charge is 2.62. The van der Waals surface area contributed by atoms with Crippen LogP contribution >= 0.6 is 0 Å². The Morgan fingerprint density at radius 3 is 1.70 bits per heavy atom. The number of hydrogen-bond acceptors (Lipinski definition) is 18. The highest BCUT2D eigenvalue weighted by Crippen LogP contribution is 2.58. The molecule has 79 heavy (non-hydrogen) atoms. The SMILES string of the molecule is COc1cccc(OC)c1C(C=C(N)C(=O)NC1(C(=O)O)C2CC3CC(C2)CC1C3)=Nc1ccc(NCC(=O)COCCOCCNC(=O)CN2CCN(CC(=O)O)CCN(CC(=O)O)CCN(CC(=O)O)CC2)cc1C(C)C. The summed E-state index contributed by atoms with van der Waals surface area (Å²) in [4.78, 5) is 99.6. The topological polar surface area (TPSA) is 325 Å². The maximum absolute atomic E-state index is 14.1. The number of carbonyl (C=O) groups is 7. The number of anilines is 1. The number of nitrogens with zero attached hydrogens (tertiary/aromatic N) is 5. The van der Waals surface area contributed by atoms with Gasteiger partial charge in [-0.1, -0.05) is 19.9 Å². The van der Waals surface area contributed by atoms with E-state index in [0.29, 0.717) is 53.4 Å². The van der Waals surface area contributed by atoms with Crippen molar-refractivity contribution in [3.05, 3.63) is 59.3 Å². The Morgan fingerprint density at radius 1 is 0.709 bits per heavy atom. The summed E-state index contributed by atoms with van der Waals surface area (Å²) in [5, 5.41) is 47.9. The number of ketones is 1. The van der Waals surface area contributed by atoms with E-state index in [1.165, 1.54) is 20.3 Å². The zero-order chi connectivity index (χ0) is 57.2. The standard InChI is InChI=1S/C55H79N9O15/c1-35(2)42-27-40(8-9-44(42)59-45(52-46(76-3)6-5-7-47(52)77-4)28-43(56)53(73)60-55(54(74)75)38-23-36-22-37(25-38)26-39(55)24-36)58-29-41(65)34-79-21-20-78-19-10-57-48(66)30-61-11-13-62(31-49(67)68)15-17-64(33-51(71)72)18-16-63(14-12-61)32-50(69)70/h5-9,27-28,35-39,58H,10-26,29-34,56H2,1-4H3,(H,57,66)(H,60,73)(H,67,68)(H,69,70)(H,71,72)(H,74,75). The van der Waals surface area contributed by atoms with Gasteiger partial charge in [-0.3, -0.25) is 48.4 Å². The average Bonchev–Trinajstić information content (AvgIpc) is 3.57. The van der Waals surface area contributed by atoms with Gasteiger partial charge in [0.2, 0.25) is 5.91 Å². The van der Waals surface area contributed by atoms with Crippen molar-refractivity contribution in [3.8, 4) is 11.5 Å². The van der Waals surface area contributed by atoms with E-state index in [2.05, 4.69) is 16.0 Å². The van der Waals surface area contributed by atoms with Crippen molar-refractivity contribution in [2.45, 2.75) is 57.4 Å². The zero-order valence-electron chi connectivity index (χ0n) is 45.8. The van der Waals surface area contributed by atoms with Crippen LogP contribution in [-0.4, -0.2) is 225 Å². The van der Waals surface area contributed by atoms with E-state index in [0.717, 1.165) is 37.7 Å². The molecular weight excluding hydrogens is 1030 g/mol. The number of methoxy groups -OCH3 is 2. The summed E-state index contributed by atoms with van der Waals surface area (Å²) in [6.07, 6.45) is 5.59. The first-order valence-electron chi connectivity index (χ1n) is 27.0. The van der Waals surface area contributed by atoms with Crippen molar-refractivity contribution in [1.29, 1.82) is 0 Å². The minimum Gasteiger partial charge on any atom is -0.496 e. The summed E-state index contributed by atoms with van der Waals surface area (Å²) in [5.41, 5.74) is 7.63. The first kappa shape index (κ1) is 61.5. The van der Waals surface area contributed by atoms with Gasteiger partial charge in [-0.05, 0) is 104 Å². The molecule has 2 aromatic carbocycles. The van der Waals surface area contributed by atoms with Crippen molar-refractivity contribution in [2.75, 3.05) is 138 Å². The molecule has 5 aliphatic rings. The number of aliphatic carboxylic acids is 4. The highest BCUT2D eigenvalue weighted by atomic mass is 16.5. The number of allylic oxidation sites excluding steroid dienone is 1. The van der Waals surface area contributed by atoms with Crippen LogP contribution < -0.4 is 31.2 Å². The fourth-order valence-electron chi connectivity index (χ4n) is 11.6. The lowest BCUT2D eigenvalue weighted by Crippen LogP contribution is -2.70. The lowest BCUT2D eigenvalue weighted by atomic mass is 9.48. The molecule has 9 N–H and O–H groups in total. The monoisotopic (exact) mass is 1110 g/mol. The molecule has 4 saturated carbocycles. The number of amides is 2. The first-order chi connectivity index (χ1) is 37.8. The van der Waals surface area contributed by atoms with Gasteiger partial charge in [-0.25, -0.2) is 9.79 Å². The minimum absolute atomic E-state index is 0.0295. The number of aliphatic imine (C=N–C) groups is 1. The van der Waals surface area contributed by atoms with Crippen LogP contribution in [0.25, 0.3) is 0 Å². The molecule has 2 aromatic rings. The van der Waals surface area contributed by atoms with E-state index < -0.39 is 35.3 Å². The lowest BCUT2D eigenvalue weighted by molar-refractivity contribution is -0.167. The molecule has 4 aliphatic carbocycles. The second kappa shape index (κ2) is 29.5. The van der Waals surface area contributed by atoms with E-state index in [1.54, 1.807) is 45.0 Å². The van der Waals surface area contributed by atoms with Gasteiger partial charge in [0.15, 0.2) is 5.78 Å². The summed E-state index contributed by atoms with van der Waals surface area (Å²) in [5.74, 6) is -4.02. The number of Topliss-reactive ketones (excluding diaryl/α,β-unsaturated/α-hetero) is 1. The molecule has 1 aliphatic heterocycles. The van der Waals surface area contributed by atoms with Gasteiger partial charge in [-0.2, -0.15) is 0 Å². The molecule has 24 nitrogen and oxygen atoms in total. The van der Waals surface area contributed by atoms with Crippen LogP contribution in [0, 0.1) is 23.7 Å². The molecule has 434 valence electrons. The Balaban J connectivity index is 0.990. The van der Waals surface area contributed by atoms with Gasteiger partial charge in [0.1, 0.15) is 23.6 Å². The first-order valence-corrected chi connectivity index (χ1v) is 27.0. The number of rotatable bonds is 28. The van der Waals surface area contributed by atoms with Gasteiger partial charge in [0.05, 0.1) is 89.4 Å². The van der Waals surface area contributed by atoms with Crippen LogP contribution in [0.2, 0.25) is 0 Å². The third-order valence-corrected chi connectivity index (χ3v) is 15.3. The predicted molar refractivity (Wildman–Crippen MR) is 291 cm³/mol. The Morgan fingerprint density at radius 2 is 1.22 bits per heavy atom. The molecular formula is C55H79N9O15. The van der Waals surface area contributed by atoms with Crippen LogP contribution in [0.5, 0.6) is 11.5 Å². The van der Waals surface area contributed by atoms with Crippen molar-refractivity contribution >= 4 is 58.6 Å². The maximum Gasteiger partial charge on any atom is 0.330 e. The number of nitrogens with one attached hydrogen (secondary N) is 3. The molecule has 2 amide bonds. The number of nitrogens with two attached hydrogens (primary N) is 1. The number of benzene rings is 2. The molecule has 0 radical (unpaired) electrons. The van der Waals surface area contributed by atoms with Crippen LogP contribution in [0.4, 0.5) is 11.4 Å². The number of hydrogen-bond donors (Lipinski definition) is 8. The Hall–Kier alpha value is -6.70. The summed E-state index contributed by atoms with van der Waals surface area (Å²) in [7, 11) is 3.01. The number of carbonyl (C=O) groups excluding carboxylic acids is 3. The predicted octanol–water partition coefficient (Wildman–Crippen LogP) is 1.79. The van der Waals surface area contributed by atoms with Crippen LogP contribution in [-0.2, 0) is 43.0 Å². The molecule has 0 aromatic heterocycles. The summed E-state index contributed by atoms with van der Waals surface area (Å²) < 4.78 is 22.7. The maximum atomic E-state index is 14.1. The highest BCUT2D eigenvalue weighted by molar-refractivity contribution is 6.16.